The van der Waals surface area contributed by atoms with Crippen molar-refractivity contribution >= 4 is 17.7 Å². The van der Waals surface area contributed by atoms with Crippen LogP contribution in [-0.2, 0) is 11.3 Å². The number of benzene rings is 2. The molecule has 0 bridgehead atoms. The number of likely N-dealkylation sites (tertiary alicyclic amines) is 1. The summed E-state index contributed by atoms with van der Waals surface area (Å²) in [5, 5.41) is 9.49. The third kappa shape index (κ3) is 6.22. The third-order valence-corrected chi connectivity index (χ3v) is 5.30. The molecule has 1 aliphatic heterocycles. The molecule has 0 aliphatic carbocycles. The van der Waals surface area contributed by atoms with Crippen molar-refractivity contribution < 1.29 is 9.53 Å². The van der Waals surface area contributed by atoms with Crippen LogP contribution >= 0.6 is 0 Å². The first-order valence-corrected chi connectivity index (χ1v) is 10.4. The molecule has 1 atom stereocenters. The maximum atomic E-state index is 11.3. The monoisotopic (exact) mass is 409 g/mol. The van der Waals surface area contributed by atoms with E-state index in [0.717, 1.165) is 31.2 Å². The lowest BCUT2D eigenvalue weighted by molar-refractivity contribution is 0.187. The van der Waals surface area contributed by atoms with E-state index in [2.05, 4.69) is 60.9 Å². The Kier molecular flexibility index (Phi) is 8.09. The van der Waals surface area contributed by atoms with Crippen molar-refractivity contribution in [2.75, 3.05) is 39.1 Å². The van der Waals surface area contributed by atoms with Gasteiger partial charge in [0.25, 0.3) is 0 Å². The van der Waals surface area contributed by atoms with Gasteiger partial charge in [0.2, 0.25) is 0 Å². The SMILES string of the molecule is CN=C(NCc1ccc(NC(=O)OC)cc1)NCC(c1ccccc1)N1CCCC1. The Hall–Kier alpha value is -3.06. The number of ether oxygens (including phenoxy) is 1. The first kappa shape index (κ1) is 21.6. The number of methoxy groups -OCH3 is 1. The summed E-state index contributed by atoms with van der Waals surface area (Å²) in [6, 6.07) is 18.6. The average Bonchev–Trinajstić information content (AvgIpc) is 3.32. The molecule has 0 radical (unpaired) electrons. The fraction of sp³-hybridized carbons (Fsp3) is 0.391. The lowest BCUT2D eigenvalue weighted by atomic mass is 10.1. The standard InChI is InChI=1S/C23H31N5O2/c1-24-22(25-16-18-10-12-20(13-11-18)27-23(29)30-2)26-17-21(28-14-6-7-15-28)19-8-4-3-5-9-19/h3-5,8-13,21H,6-7,14-17H2,1-2H3,(H,27,29)(H2,24,25,26). The van der Waals surface area contributed by atoms with Crippen molar-refractivity contribution in [2.45, 2.75) is 25.4 Å². The molecule has 2 aromatic carbocycles. The van der Waals surface area contributed by atoms with Gasteiger partial charge in [-0.25, -0.2) is 4.79 Å². The van der Waals surface area contributed by atoms with Crippen molar-refractivity contribution in [3.05, 3.63) is 65.7 Å². The van der Waals surface area contributed by atoms with E-state index in [9.17, 15) is 4.79 Å². The van der Waals surface area contributed by atoms with Crippen LogP contribution in [-0.4, -0.2) is 50.7 Å². The summed E-state index contributed by atoms with van der Waals surface area (Å²) in [6.45, 7) is 3.71. The summed E-state index contributed by atoms with van der Waals surface area (Å²) in [4.78, 5) is 18.2. The molecule has 7 heteroatoms. The summed E-state index contributed by atoms with van der Waals surface area (Å²) < 4.78 is 4.60. The number of carbonyl (C=O) groups is 1. The van der Waals surface area contributed by atoms with Crippen LogP contribution in [0.2, 0.25) is 0 Å². The molecule has 160 valence electrons. The number of guanidine groups is 1. The molecule has 1 heterocycles. The summed E-state index contributed by atoms with van der Waals surface area (Å²) >= 11 is 0. The van der Waals surface area contributed by atoms with E-state index in [-0.39, 0.29) is 0 Å². The zero-order chi connectivity index (χ0) is 21.2. The Morgan fingerprint density at radius 1 is 1.07 bits per heavy atom. The number of rotatable bonds is 7. The van der Waals surface area contributed by atoms with E-state index in [1.807, 2.05) is 24.3 Å². The largest absolute Gasteiger partial charge is 0.453 e. The molecular weight excluding hydrogens is 378 g/mol. The van der Waals surface area contributed by atoms with Gasteiger partial charge in [0.15, 0.2) is 5.96 Å². The number of hydrogen-bond donors (Lipinski definition) is 3. The normalized spacial score (nSPS) is 15.5. The van der Waals surface area contributed by atoms with Gasteiger partial charge >= 0.3 is 6.09 Å². The van der Waals surface area contributed by atoms with Gasteiger partial charge in [-0.15, -0.1) is 0 Å². The van der Waals surface area contributed by atoms with Crippen LogP contribution in [0.1, 0.15) is 30.0 Å². The Labute approximate surface area is 178 Å². The van der Waals surface area contributed by atoms with E-state index < -0.39 is 6.09 Å². The second kappa shape index (κ2) is 11.2. The minimum Gasteiger partial charge on any atom is -0.453 e. The molecule has 2 aromatic rings. The van der Waals surface area contributed by atoms with E-state index in [1.165, 1.54) is 25.5 Å². The molecule has 1 unspecified atom stereocenters. The third-order valence-electron chi connectivity index (χ3n) is 5.30. The van der Waals surface area contributed by atoms with Gasteiger partial charge in [-0.2, -0.15) is 0 Å². The second-order valence-electron chi connectivity index (χ2n) is 7.29. The van der Waals surface area contributed by atoms with Crippen molar-refractivity contribution in [2.24, 2.45) is 4.99 Å². The predicted octanol–water partition coefficient (Wildman–Crippen LogP) is 3.37. The molecule has 1 fully saturated rings. The molecule has 0 spiro atoms. The lowest BCUT2D eigenvalue weighted by Crippen LogP contribution is -2.42. The van der Waals surface area contributed by atoms with Crippen molar-refractivity contribution in [3.63, 3.8) is 0 Å². The molecule has 1 saturated heterocycles. The van der Waals surface area contributed by atoms with Crippen LogP contribution in [0, 0.1) is 0 Å². The summed E-state index contributed by atoms with van der Waals surface area (Å²) in [5.41, 5.74) is 3.12. The number of amides is 1. The molecule has 3 rings (SSSR count). The molecule has 1 amide bonds. The van der Waals surface area contributed by atoms with Crippen LogP contribution in [0.25, 0.3) is 0 Å². The zero-order valence-electron chi connectivity index (χ0n) is 17.7. The quantitative estimate of drug-likeness (QED) is 0.483. The molecule has 30 heavy (non-hydrogen) atoms. The van der Waals surface area contributed by atoms with E-state index in [1.54, 1.807) is 7.05 Å². The average molecular weight is 410 g/mol. The van der Waals surface area contributed by atoms with Crippen molar-refractivity contribution in [1.29, 1.82) is 0 Å². The van der Waals surface area contributed by atoms with Gasteiger partial charge in [-0.3, -0.25) is 15.2 Å². The fourth-order valence-corrected chi connectivity index (χ4v) is 3.66. The Bertz CT molecular complexity index is 817. The Morgan fingerprint density at radius 3 is 2.40 bits per heavy atom. The number of hydrogen-bond acceptors (Lipinski definition) is 4. The molecule has 1 aliphatic rings. The molecule has 7 nitrogen and oxygen atoms in total. The first-order chi connectivity index (χ1) is 14.7. The Morgan fingerprint density at radius 2 is 1.77 bits per heavy atom. The zero-order valence-corrected chi connectivity index (χ0v) is 17.7. The van der Waals surface area contributed by atoms with Crippen LogP contribution in [0.3, 0.4) is 0 Å². The highest BCUT2D eigenvalue weighted by Gasteiger charge is 2.23. The van der Waals surface area contributed by atoms with Gasteiger partial charge in [-0.05, 0) is 49.2 Å². The van der Waals surface area contributed by atoms with E-state index in [4.69, 9.17) is 0 Å². The molecule has 3 N–H and O–H groups in total. The van der Waals surface area contributed by atoms with Crippen LogP contribution in [0.4, 0.5) is 10.5 Å². The highest BCUT2D eigenvalue weighted by Crippen LogP contribution is 2.24. The maximum Gasteiger partial charge on any atom is 0.411 e. The lowest BCUT2D eigenvalue weighted by Gasteiger charge is -2.29. The van der Waals surface area contributed by atoms with Gasteiger partial charge in [-0.1, -0.05) is 42.5 Å². The minimum absolute atomic E-state index is 0.330. The molecule has 0 saturated carbocycles. The second-order valence-corrected chi connectivity index (χ2v) is 7.29. The minimum atomic E-state index is -0.476. The van der Waals surface area contributed by atoms with Crippen molar-refractivity contribution in [1.82, 2.24) is 15.5 Å². The Balaban J connectivity index is 1.54. The maximum absolute atomic E-state index is 11.3. The van der Waals surface area contributed by atoms with Gasteiger partial charge in [0, 0.05) is 25.8 Å². The van der Waals surface area contributed by atoms with Crippen LogP contribution in [0.5, 0.6) is 0 Å². The van der Waals surface area contributed by atoms with Crippen molar-refractivity contribution in [3.8, 4) is 0 Å². The first-order valence-electron chi connectivity index (χ1n) is 10.4. The summed E-state index contributed by atoms with van der Waals surface area (Å²) in [6.07, 6.45) is 2.05. The number of nitrogens with one attached hydrogen (secondary N) is 3. The molecule has 0 aromatic heterocycles. The fourth-order valence-electron chi connectivity index (χ4n) is 3.66. The topological polar surface area (TPSA) is 78.0 Å². The van der Waals surface area contributed by atoms with E-state index in [0.29, 0.717) is 18.3 Å². The van der Waals surface area contributed by atoms with Crippen LogP contribution in [0.15, 0.2) is 59.6 Å². The predicted molar refractivity (Wildman–Crippen MR) is 121 cm³/mol. The number of nitrogens with zero attached hydrogens (tertiary/aromatic N) is 2. The van der Waals surface area contributed by atoms with Gasteiger partial charge in [0.05, 0.1) is 13.2 Å². The molecular formula is C23H31N5O2. The van der Waals surface area contributed by atoms with Crippen LogP contribution < -0.4 is 16.0 Å². The number of carbonyl (C=O) groups excluding carboxylic acids is 1. The highest BCUT2D eigenvalue weighted by atomic mass is 16.5. The smallest absolute Gasteiger partial charge is 0.411 e. The number of aliphatic imine (C=N–C) groups is 1. The van der Waals surface area contributed by atoms with Gasteiger partial charge < -0.3 is 15.4 Å². The summed E-state index contributed by atoms with van der Waals surface area (Å²) in [7, 11) is 3.13. The van der Waals surface area contributed by atoms with Gasteiger partial charge in [0.1, 0.15) is 0 Å². The highest BCUT2D eigenvalue weighted by molar-refractivity contribution is 5.84. The number of anilines is 1. The van der Waals surface area contributed by atoms with E-state index >= 15 is 0 Å². The summed E-state index contributed by atoms with van der Waals surface area (Å²) in [5.74, 6) is 0.770.